The summed E-state index contributed by atoms with van der Waals surface area (Å²) in [5.74, 6) is 0. The Labute approximate surface area is 75.5 Å². The number of nitrogens with zero attached hydrogens (tertiary/aromatic N) is 2. The first-order valence-electron chi connectivity index (χ1n) is 4.94. The van der Waals surface area contributed by atoms with Crippen molar-refractivity contribution in [3.8, 4) is 0 Å². The normalized spacial score (nSPS) is 27.8. The lowest BCUT2D eigenvalue weighted by Crippen LogP contribution is -2.52. The molecule has 1 aliphatic heterocycles. The Morgan fingerprint density at radius 1 is 1.42 bits per heavy atom. The van der Waals surface area contributed by atoms with Crippen LogP contribution >= 0.6 is 0 Å². The van der Waals surface area contributed by atoms with E-state index < -0.39 is 0 Å². The summed E-state index contributed by atoms with van der Waals surface area (Å²) in [7, 11) is 0. The first-order chi connectivity index (χ1) is 5.77. The molecule has 0 saturated carbocycles. The van der Waals surface area contributed by atoms with Crippen LogP contribution in [0.5, 0.6) is 0 Å². The summed E-state index contributed by atoms with van der Waals surface area (Å²) in [4.78, 5) is 4.98. The van der Waals surface area contributed by atoms with Gasteiger partial charge in [0, 0.05) is 38.8 Å². The molecule has 2 N–H and O–H groups in total. The van der Waals surface area contributed by atoms with Gasteiger partial charge in [-0.2, -0.15) is 0 Å². The van der Waals surface area contributed by atoms with Crippen LogP contribution in [0.25, 0.3) is 0 Å². The lowest BCUT2D eigenvalue weighted by molar-refractivity contribution is 0.0903. The Morgan fingerprint density at radius 2 is 2.17 bits per heavy atom. The van der Waals surface area contributed by atoms with Gasteiger partial charge in [0.25, 0.3) is 0 Å². The molecule has 0 bridgehead atoms. The van der Waals surface area contributed by atoms with Crippen LogP contribution in [0.4, 0.5) is 0 Å². The van der Waals surface area contributed by atoms with E-state index in [1.807, 2.05) is 0 Å². The molecule has 0 aromatic rings. The third-order valence-corrected chi connectivity index (χ3v) is 2.70. The molecule has 3 nitrogen and oxygen atoms in total. The molecule has 0 aromatic carbocycles. The molecule has 1 fully saturated rings. The van der Waals surface area contributed by atoms with Gasteiger partial charge < -0.3 is 5.73 Å². The third-order valence-electron chi connectivity index (χ3n) is 2.70. The van der Waals surface area contributed by atoms with Crippen molar-refractivity contribution in [2.75, 3.05) is 39.3 Å². The van der Waals surface area contributed by atoms with Gasteiger partial charge in [0.15, 0.2) is 0 Å². The second-order valence-electron chi connectivity index (χ2n) is 3.57. The highest BCUT2D eigenvalue weighted by Gasteiger charge is 2.21. The lowest BCUT2D eigenvalue weighted by atomic mass is 10.2. The molecular weight excluding hydrogens is 150 g/mol. The van der Waals surface area contributed by atoms with Crippen LogP contribution in [0.1, 0.15) is 13.8 Å². The van der Waals surface area contributed by atoms with E-state index in [1.54, 1.807) is 0 Å². The Bertz CT molecular complexity index is 127. The molecule has 1 heterocycles. The van der Waals surface area contributed by atoms with Crippen LogP contribution in [0.3, 0.4) is 0 Å². The molecule has 1 atom stereocenters. The van der Waals surface area contributed by atoms with Crippen LogP contribution in [-0.4, -0.2) is 55.1 Å². The van der Waals surface area contributed by atoms with Gasteiger partial charge in [0.1, 0.15) is 0 Å². The van der Waals surface area contributed by atoms with E-state index in [-0.39, 0.29) is 0 Å². The van der Waals surface area contributed by atoms with Gasteiger partial charge in [-0.15, -0.1) is 0 Å². The fourth-order valence-corrected chi connectivity index (χ4v) is 1.93. The Balaban J connectivity index is 2.30. The molecule has 1 saturated heterocycles. The highest BCUT2D eigenvalue weighted by atomic mass is 15.3. The molecule has 0 aliphatic carbocycles. The predicted molar refractivity (Wildman–Crippen MR) is 52.2 cm³/mol. The molecule has 3 heteroatoms. The zero-order chi connectivity index (χ0) is 8.97. The number of rotatable bonds is 3. The van der Waals surface area contributed by atoms with Crippen LogP contribution in [-0.2, 0) is 0 Å². The van der Waals surface area contributed by atoms with E-state index in [4.69, 9.17) is 5.73 Å². The number of piperazine rings is 1. The smallest absolute Gasteiger partial charge is 0.0195 e. The molecule has 0 aromatic heterocycles. The quantitative estimate of drug-likeness (QED) is 0.647. The minimum absolute atomic E-state index is 0.704. The van der Waals surface area contributed by atoms with Gasteiger partial charge in [-0.05, 0) is 13.5 Å². The van der Waals surface area contributed by atoms with E-state index in [0.717, 1.165) is 13.1 Å². The molecule has 1 rings (SSSR count). The summed E-state index contributed by atoms with van der Waals surface area (Å²) in [5.41, 5.74) is 5.52. The van der Waals surface area contributed by atoms with E-state index in [1.165, 1.54) is 26.2 Å². The van der Waals surface area contributed by atoms with Gasteiger partial charge in [-0.25, -0.2) is 0 Å². The zero-order valence-corrected chi connectivity index (χ0v) is 8.29. The minimum Gasteiger partial charge on any atom is -0.329 e. The average Bonchev–Trinajstić information content (AvgIpc) is 2.05. The molecule has 12 heavy (non-hydrogen) atoms. The maximum atomic E-state index is 5.52. The Morgan fingerprint density at radius 3 is 2.67 bits per heavy atom. The number of hydrogen-bond acceptors (Lipinski definition) is 3. The van der Waals surface area contributed by atoms with Gasteiger partial charge in [-0.3, -0.25) is 9.80 Å². The monoisotopic (exact) mass is 171 g/mol. The molecule has 0 amide bonds. The molecule has 72 valence electrons. The first-order valence-corrected chi connectivity index (χ1v) is 4.94. The number of nitrogens with two attached hydrogens (primary N) is 1. The third kappa shape index (κ3) is 2.44. The van der Waals surface area contributed by atoms with Gasteiger partial charge >= 0.3 is 0 Å². The summed E-state index contributed by atoms with van der Waals surface area (Å²) >= 11 is 0. The van der Waals surface area contributed by atoms with Crippen molar-refractivity contribution in [3.05, 3.63) is 0 Å². The second-order valence-corrected chi connectivity index (χ2v) is 3.57. The molecule has 0 spiro atoms. The second kappa shape index (κ2) is 4.80. The van der Waals surface area contributed by atoms with Crippen molar-refractivity contribution >= 4 is 0 Å². The van der Waals surface area contributed by atoms with Crippen molar-refractivity contribution in [2.45, 2.75) is 19.9 Å². The highest BCUT2D eigenvalue weighted by molar-refractivity contribution is 4.77. The lowest BCUT2D eigenvalue weighted by Gasteiger charge is -2.39. The fraction of sp³-hybridized carbons (Fsp3) is 1.00. The van der Waals surface area contributed by atoms with Gasteiger partial charge in [0.05, 0.1) is 0 Å². The average molecular weight is 171 g/mol. The van der Waals surface area contributed by atoms with Crippen LogP contribution in [0.2, 0.25) is 0 Å². The predicted octanol–water partition coefficient (Wildman–Crippen LogP) is -0.0289. The number of hydrogen-bond donors (Lipinski definition) is 1. The minimum atomic E-state index is 0.704. The Hall–Kier alpha value is -0.120. The topological polar surface area (TPSA) is 32.5 Å². The SMILES string of the molecule is CCN1CCN(CCN)CC1C. The van der Waals surface area contributed by atoms with Crippen molar-refractivity contribution in [1.29, 1.82) is 0 Å². The van der Waals surface area contributed by atoms with Crippen molar-refractivity contribution in [2.24, 2.45) is 5.73 Å². The van der Waals surface area contributed by atoms with Crippen molar-refractivity contribution < 1.29 is 0 Å². The standard InChI is InChI=1S/C9H21N3/c1-3-12-7-6-11(5-4-10)8-9(12)2/h9H,3-8,10H2,1-2H3. The Kier molecular flexibility index (Phi) is 3.98. The molecular formula is C9H21N3. The summed E-state index contributed by atoms with van der Waals surface area (Å²) in [6.45, 7) is 11.1. The molecule has 1 unspecified atom stereocenters. The van der Waals surface area contributed by atoms with Gasteiger partial charge in [-0.1, -0.05) is 6.92 Å². The highest BCUT2D eigenvalue weighted by Crippen LogP contribution is 2.07. The summed E-state index contributed by atoms with van der Waals surface area (Å²) in [6, 6.07) is 0.704. The molecule has 1 aliphatic rings. The summed E-state index contributed by atoms with van der Waals surface area (Å²) in [6.07, 6.45) is 0. The summed E-state index contributed by atoms with van der Waals surface area (Å²) < 4.78 is 0. The number of likely N-dealkylation sites (N-methyl/N-ethyl adjacent to an activating group) is 1. The van der Waals surface area contributed by atoms with E-state index in [9.17, 15) is 0 Å². The van der Waals surface area contributed by atoms with Gasteiger partial charge in [0.2, 0.25) is 0 Å². The maximum Gasteiger partial charge on any atom is 0.0195 e. The summed E-state index contributed by atoms with van der Waals surface area (Å²) in [5, 5.41) is 0. The largest absolute Gasteiger partial charge is 0.329 e. The van der Waals surface area contributed by atoms with Crippen molar-refractivity contribution in [1.82, 2.24) is 9.80 Å². The van der Waals surface area contributed by atoms with Crippen molar-refractivity contribution in [3.63, 3.8) is 0 Å². The molecule has 0 radical (unpaired) electrons. The van der Waals surface area contributed by atoms with E-state index in [2.05, 4.69) is 23.6 Å². The van der Waals surface area contributed by atoms with Crippen LogP contribution in [0, 0.1) is 0 Å². The maximum absolute atomic E-state index is 5.52. The fourth-order valence-electron chi connectivity index (χ4n) is 1.93. The van der Waals surface area contributed by atoms with E-state index in [0.29, 0.717) is 6.04 Å². The van der Waals surface area contributed by atoms with Crippen LogP contribution in [0.15, 0.2) is 0 Å². The van der Waals surface area contributed by atoms with Crippen LogP contribution < -0.4 is 5.73 Å². The van der Waals surface area contributed by atoms with E-state index >= 15 is 0 Å². The zero-order valence-electron chi connectivity index (χ0n) is 8.29. The first kappa shape index (κ1) is 9.96.